The first-order valence-corrected chi connectivity index (χ1v) is 8.60. The van der Waals surface area contributed by atoms with Gasteiger partial charge in [-0.2, -0.15) is 0 Å². The number of hydrogen-bond acceptors (Lipinski definition) is 4. The number of amides is 2. The molecule has 0 fully saturated rings. The van der Waals surface area contributed by atoms with Crippen LogP contribution in [0.3, 0.4) is 0 Å². The highest BCUT2D eigenvalue weighted by atomic mass is 32.1. The molecule has 2 rings (SSSR count). The highest BCUT2D eigenvalue weighted by Gasteiger charge is 2.16. The highest BCUT2D eigenvalue weighted by Crippen LogP contribution is 2.08. The monoisotopic (exact) mass is 347 g/mol. The molecule has 2 N–H and O–H groups in total. The molecule has 0 spiro atoms. The molecule has 2 aromatic rings. The molecule has 0 aliphatic rings. The van der Waals surface area contributed by atoms with Gasteiger partial charge in [0.1, 0.15) is 0 Å². The second-order valence-corrected chi connectivity index (χ2v) is 6.38. The van der Waals surface area contributed by atoms with Crippen molar-refractivity contribution in [3.8, 4) is 0 Å². The van der Waals surface area contributed by atoms with Crippen LogP contribution in [0.15, 0.2) is 40.5 Å². The summed E-state index contributed by atoms with van der Waals surface area (Å²) < 4.78 is 1.59. The van der Waals surface area contributed by atoms with Gasteiger partial charge < -0.3 is 15.2 Å². The van der Waals surface area contributed by atoms with E-state index in [9.17, 15) is 14.4 Å². The Balaban J connectivity index is 2.03. The van der Waals surface area contributed by atoms with Crippen LogP contribution in [0, 0.1) is 6.92 Å². The van der Waals surface area contributed by atoms with Crippen LogP contribution in [0.4, 0.5) is 0 Å². The van der Waals surface area contributed by atoms with E-state index < -0.39 is 5.91 Å². The van der Waals surface area contributed by atoms with Crippen LogP contribution in [0.1, 0.15) is 24.1 Å². The van der Waals surface area contributed by atoms with E-state index in [1.165, 1.54) is 0 Å². The quantitative estimate of drug-likeness (QED) is 0.785. The summed E-state index contributed by atoms with van der Waals surface area (Å²) in [4.78, 5) is 36.9. The summed E-state index contributed by atoms with van der Waals surface area (Å²) in [6.45, 7) is 2.89. The molecule has 0 aliphatic heterocycles. The number of benzene rings is 1. The van der Waals surface area contributed by atoms with Crippen molar-refractivity contribution < 1.29 is 9.59 Å². The Morgan fingerprint density at radius 3 is 2.50 bits per heavy atom. The second-order valence-electron chi connectivity index (χ2n) is 5.56. The number of rotatable bonds is 8. The third kappa shape index (κ3) is 5.06. The standard InChI is InChI=1S/C17H21N3O3S/c1-13-12-24-17(23)20(13)10-8-16(22)19(9-7-15(18)21)11-14-5-3-2-4-6-14/h2-6,12H,7-11H2,1H3,(H2,18,21). The Kier molecular flexibility index (Phi) is 6.31. The number of nitrogens with two attached hydrogens (primary N) is 1. The first kappa shape index (κ1) is 17.9. The SMILES string of the molecule is Cc1csc(=O)n1CCC(=O)N(CCC(N)=O)Cc1ccccc1. The molecule has 128 valence electrons. The lowest BCUT2D eigenvalue weighted by atomic mass is 10.2. The van der Waals surface area contributed by atoms with E-state index >= 15 is 0 Å². The van der Waals surface area contributed by atoms with Crippen molar-refractivity contribution in [3.05, 3.63) is 56.6 Å². The van der Waals surface area contributed by atoms with E-state index in [-0.39, 0.29) is 30.2 Å². The Hall–Kier alpha value is -2.41. The number of aromatic nitrogens is 1. The largest absolute Gasteiger partial charge is 0.370 e. The molecule has 1 aromatic carbocycles. The smallest absolute Gasteiger partial charge is 0.307 e. The lowest BCUT2D eigenvalue weighted by molar-refractivity contribution is -0.132. The normalized spacial score (nSPS) is 10.5. The van der Waals surface area contributed by atoms with Gasteiger partial charge in [-0.15, -0.1) is 0 Å². The van der Waals surface area contributed by atoms with Gasteiger partial charge in [0.15, 0.2) is 0 Å². The van der Waals surface area contributed by atoms with Crippen molar-refractivity contribution in [2.75, 3.05) is 6.54 Å². The fourth-order valence-corrected chi connectivity index (χ4v) is 3.14. The van der Waals surface area contributed by atoms with Gasteiger partial charge in [-0.3, -0.25) is 14.4 Å². The van der Waals surface area contributed by atoms with Crippen molar-refractivity contribution in [2.24, 2.45) is 5.73 Å². The number of aryl methyl sites for hydroxylation is 1. The molecule has 1 heterocycles. The van der Waals surface area contributed by atoms with Crippen LogP contribution < -0.4 is 10.6 Å². The molecule has 0 saturated carbocycles. The Labute approximate surface area is 144 Å². The predicted molar refractivity (Wildman–Crippen MR) is 93.6 cm³/mol. The Bertz CT molecular complexity index is 752. The number of nitrogens with zero attached hydrogens (tertiary/aromatic N) is 2. The number of thiazole rings is 1. The van der Waals surface area contributed by atoms with Gasteiger partial charge >= 0.3 is 4.87 Å². The van der Waals surface area contributed by atoms with Gasteiger partial charge in [-0.05, 0) is 12.5 Å². The minimum absolute atomic E-state index is 0.0629. The minimum atomic E-state index is -0.439. The van der Waals surface area contributed by atoms with E-state index in [0.29, 0.717) is 13.1 Å². The topological polar surface area (TPSA) is 85.4 Å². The van der Waals surface area contributed by atoms with E-state index in [1.807, 2.05) is 37.3 Å². The maximum absolute atomic E-state index is 12.5. The van der Waals surface area contributed by atoms with Gasteiger partial charge in [0.25, 0.3) is 0 Å². The van der Waals surface area contributed by atoms with Gasteiger partial charge in [-0.25, -0.2) is 0 Å². The summed E-state index contributed by atoms with van der Waals surface area (Å²) in [6.07, 6.45) is 0.332. The zero-order valence-electron chi connectivity index (χ0n) is 13.6. The van der Waals surface area contributed by atoms with Crippen molar-refractivity contribution in [2.45, 2.75) is 32.9 Å². The van der Waals surface area contributed by atoms with Crippen LogP contribution in [0.2, 0.25) is 0 Å². The molecule has 0 saturated heterocycles. The van der Waals surface area contributed by atoms with Gasteiger partial charge in [0, 0.05) is 43.5 Å². The zero-order chi connectivity index (χ0) is 17.5. The highest BCUT2D eigenvalue weighted by molar-refractivity contribution is 7.07. The number of primary amides is 1. The van der Waals surface area contributed by atoms with Gasteiger partial charge in [0.2, 0.25) is 11.8 Å². The molecule has 0 atom stereocenters. The Morgan fingerprint density at radius 2 is 1.92 bits per heavy atom. The molecule has 24 heavy (non-hydrogen) atoms. The van der Waals surface area contributed by atoms with E-state index in [1.54, 1.807) is 14.8 Å². The van der Waals surface area contributed by atoms with Crippen molar-refractivity contribution in [1.82, 2.24) is 9.47 Å². The van der Waals surface area contributed by atoms with Gasteiger partial charge in [-0.1, -0.05) is 41.7 Å². The summed E-state index contributed by atoms with van der Waals surface area (Å²) in [5.74, 6) is -0.539. The molecular weight excluding hydrogens is 326 g/mol. The average molecular weight is 347 g/mol. The third-order valence-corrected chi connectivity index (χ3v) is 4.60. The summed E-state index contributed by atoms with van der Waals surface area (Å²) in [6, 6.07) is 9.57. The lowest BCUT2D eigenvalue weighted by Crippen LogP contribution is -2.34. The number of hydrogen-bond donors (Lipinski definition) is 1. The van der Waals surface area contributed by atoms with Crippen molar-refractivity contribution in [3.63, 3.8) is 0 Å². The van der Waals surface area contributed by atoms with E-state index in [4.69, 9.17) is 5.73 Å². The van der Waals surface area contributed by atoms with Crippen LogP contribution >= 0.6 is 11.3 Å². The Morgan fingerprint density at radius 1 is 1.21 bits per heavy atom. The van der Waals surface area contributed by atoms with Crippen LogP contribution in [0.5, 0.6) is 0 Å². The van der Waals surface area contributed by atoms with Crippen molar-refractivity contribution in [1.29, 1.82) is 0 Å². The average Bonchev–Trinajstić information content (AvgIpc) is 2.88. The molecule has 0 radical (unpaired) electrons. The van der Waals surface area contributed by atoms with E-state index in [2.05, 4.69) is 0 Å². The summed E-state index contributed by atoms with van der Waals surface area (Å²) in [5, 5.41) is 1.78. The fourth-order valence-electron chi connectivity index (χ4n) is 2.38. The maximum atomic E-state index is 12.5. The molecule has 0 bridgehead atoms. The summed E-state index contributed by atoms with van der Waals surface area (Å²) in [7, 11) is 0. The summed E-state index contributed by atoms with van der Waals surface area (Å²) in [5.41, 5.74) is 7.04. The zero-order valence-corrected chi connectivity index (χ0v) is 14.4. The predicted octanol–water partition coefficient (Wildman–Crippen LogP) is 1.51. The summed E-state index contributed by atoms with van der Waals surface area (Å²) >= 11 is 1.13. The van der Waals surface area contributed by atoms with E-state index in [0.717, 1.165) is 22.6 Å². The third-order valence-electron chi connectivity index (χ3n) is 3.72. The molecule has 0 aliphatic carbocycles. The second kappa shape index (κ2) is 8.44. The molecular formula is C17H21N3O3S. The molecule has 6 nitrogen and oxygen atoms in total. The lowest BCUT2D eigenvalue weighted by Gasteiger charge is -2.22. The fraction of sp³-hybridized carbons (Fsp3) is 0.353. The number of carbonyl (C=O) groups is 2. The maximum Gasteiger partial charge on any atom is 0.307 e. The van der Waals surface area contributed by atoms with Gasteiger partial charge in [0.05, 0.1) is 0 Å². The molecule has 1 aromatic heterocycles. The molecule has 2 amide bonds. The first-order chi connectivity index (χ1) is 11.5. The first-order valence-electron chi connectivity index (χ1n) is 7.72. The minimum Gasteiger partial charge on any atom is -0.370 e. The van der Waals surface area contributed by atoms with Crippen molar-refractivity contribution >= 4 is 23.2 Å². The molecule has 0 unspecified atom stereocenters. The van der Waals surface area contributed by atoms with Crippen LogP contribution in [-0.2, 0) is 22.7 Å². The molecule has 7 heteroatoms. The number of carbonyl (C=O) groups excluding carboxylic acids is 2. The van der Waals surface area contributed by atoms with Crippen LogP contribution in [-0.4, -0.2) is 27.8 Å². The van der Waals surface area contributed by atoms with Crippen LogP contribution in [0.25, 0.3) is 0 Å².